The number of pyridine rings is 1. The maximum atomic E-state index is 12.6. The van der Waals surface area contributed by atoms with Crippen molar-refractivity contribution in [3.8, 4) is 0 Å². The minimum Gasteiger partial charge on any atom is -0.455 e. The summed E-state index contributed by atoms with van der Waals surface area (Å²) in [5.74, 6) is 2.08. The van der Waals surface area contributed by atoms with Gasteiger partial charge in [0.15, 0.2) is 5.76 Å². The molecule has 24 heavy (non-hydrogen) atoms. The molecule has 0 unspecified atom stereocenters. The molecule has 0 aliphatic carbocycles. The highest BCUT2D eigenvalue weighted by molar-refractivity contribution is 7.97. The average Bonchev–Trinajstić information content (AvgIpc) is 3.02. The molecule has 0 saturated carbocycles. The van der Waals surface area contributed by atoms with Gasteiger partial charge in [-0.05, 0) is 44.4 Å². The molecule has 0 radical (unpaired) electrons. The van der Waals surface area contributed by atoms with Gasteiger partial charge in [-0.15, -0.1) is 0 Å². The number of rotatable bonds is 4. The van der Waals surface area contributed by atoms with Crippen LogP contribution in [0.15, 0.2) is 28.7 Å². The van der Waals surface area contributed by atoms with Gasteiger partial charge in [-0.1, -0.05) is 0 Å². The van der Waals surface area contributed by atoms with E-state index in [4.69, 9.17) is 4.42 Å². The lowest BCUT2D eigenvalue weighted by molar-refractivity contribution is 0.0713. The molecule has 1 amide bonds. The largest absolute Gasteiger partial charge is 0.455 e. The Kier molecular flexibility index (Phi) is 5.14. The Morgan fingerprint density at radius 2 is 1.83 bits per heavy atom. The number of hydrogen-bond donors (Lipinski definition) is 0. The van der Waals surface area contributed by atoms with Crippen LogP contribution in [0, 0.1) is 13.8 Å². The molecule has 0 N–H and O–H groups in total. The lowest BCUT2D eigenvalue weighted by atomic mass is 10.2. The van der Waals surface area contributed by atoms with Crippen molar-refractivity contribution in [2.24, 2.45) is 0 Å². The Morgan fingerprint density at radius 1 is 1.17 bits per heavy atom. The van der Waals surface area contributed by atoms with Gasteiger partial charge in [-0.3, -0.25) is 9.78 Å². The zero-order valence-electron chi connectivity index (χ0n) is 14.4. The zero-order valence-corrected chi connectivity index (χ0v) is 15.2. The fourth-order valence-corrected chi connectivity index (χ4v) is 3.47. The van der Waals surface area contributed by atoms with Gasteiger partial charge >= 0.3 is 0 Å². The number of nitrogens with zero attached hydrogens (tertiary/aromatic N) is 3. The number of carbonyl (C=O) groups is 1. The first-order valence-electron chi connectivity index (χ1n) is 8.14. The SMILES string of the molecule is CSCc1ccc(C(=O)N2CCN(c3cc(C)nc(C)c3)CC2)o1. The maximum absolute atomic E-state index is 12.6. The van der Waals surface area contributed by atoms with E-state index in [-0.39, 0.29) is 5.91 Å². The minimum absolute atomic E-state index is 0.0101. The van der Waals surface area contributed by atoms with Gasteiger partial charge in [0.25, 0.3) is 5.91 Å². The van der Waals surface area contributed by atoms with Crippen molar-refractivity contribution in [3.05, 3.63) is 47.2 Å². The van der Waals surface area contributed by atoms with Gasteiger partial charge in [0.2, 0.25) is 0 Å². The third-order valence-corrected chi connectivity index (χ3v) is 4.73. The molecule has 2 aromatic rings. The van der Waals surface area contributed by atoms with E-state index in [1.165, 1.54) is 5.69 Å². The summed E-state index contributed by atoms with van der Waals surface area (Å²) in [6.07, 6.45) is 2.02. The number of piperazine rings is 1. The summed E-state index contributed by atoms with van der Waals surface area (Å²) >= 11 is 1.69. The third-order valence-electron chi connectivity index (χ3n) is 4.16. The molecule has 1 aliphatic heterocycles. The molecule has 3 rings (SSSR count). The summed E-state index contributed by atoms with van der Waals surface area (Å²) in [6.45, 7) is 7.09. The Morgan fingerprint density at radius 3 is 2.46 bits per heavy atom. The topological polar surface area (TPSA) is 49.6 Å². The number of anilines is 1. The van der Waals surface area contributed by atoms with Crippen molar-refractivity contribution in [1.29, 1.82) is 0 Å². The van der Waals surface area contributed by atoms with Crippen LogP contribution in [0.1, 0.15) is 27.7 Å². The molecule has 2 aromatic heterocycles. The molecule has 128 valence electrons. The van der Waals surface area contributed by atoms with Gasteiger partial charge in [-0.25, -0.2) is 0 Å². The number of aromatic nitrogens is 1. The Balaban J connectivity index is 1.62. The Bertz CT molecular complexity index is 701. The predicted molar refractivity (Wildman–Crippen MR) is 97.8 cm³/mol. The van der Waals surface area contributed by atoms with Gasteiger partial charge in [-0.2, -0.15) is 11.8 Å². The summed E-state index contributed by atoms with van der Waals surface area (Å²) in [5.41, 5.74) is 3.24. The highest BCUT2D eigenvalue weighted by Gasteiger charge is 2.24. The molecule has 1 fully saturated rings. The first kappa shape index (κ1) is 16.9. The van der Waals surface area contributed by atoms with Gasteiger partial charge in [0, 0.05) is 43.3 Å². The number of aryl methyl sites for hydroxylation is 2. The maximum Gasteiger partial charge on any atom is 0.289 e. The third kappa shape index (κ3) is 3.75. The standard InChI is InChI=1S/C18H23N3O2S/c1-13-10-15(11-14(2)19-13)20-6-8-21(9-7-20)18(22)17-5-4-16(23-17)12-24-3/h4-5,10-11H,6-9,12H2,1-3H3. The Labute approximate surface area is 147 Å². The van der Waals surface area contributed by atoms with Crippen molar-refractivity contribution >= 4 is 23.4 Å². The molecule has 5 nitrogen and oxygen atoms in total. The molecule has 0 aromatic carbocycles. The highest BCUT2D eigenvalue weighted by atomic mass is 32.2. The van der Waals surface area contributed by atoms with E-state index < -0.39 is 0 Å². The first-order valence-corrected chi connectivity index (χ1v) is 9.53. The van der Waals surface area contributed by atoms with Crippen molar-refractivity contribution in [2.75, 3.05) is 37.3 Å². The van der Waals surface area contributed by atoms with Crippen LogP contribution in [0.4, 0.5) is 5.69 Å². The second kappa shape index (κ2) is 7.30. The smallest absolute Gasteiger partial charge is 0.289 e. The molecule has 0 spiro atoms. The van der Waals surface area contributed by atoms with Gasteiger partial charge in [0.05, 0.1) is 5.75 Å². The van der Waals surface area contributed by atoms with Crippen LogP contribution in [0.3, 0.4) is 0 Å². The summed E-state index contributed by atoms with van der Waals surface area (Å²) < 4.78 is 5.65. The molecule has 6 heteroatoms. The number of carbonyl (C=O) groups excluding carboxylic acids is 1. The van der Waals surface area contributed by atoms with Crippen LogP contribution < -0.4 is 4.90 Å². The lowest BCUT2D eigenvalue weighted by Gasteiger charge is -2.36. The quantitative estimate of drug-likeness (QED) is 0.852. The van der Waals surface area contributed by atoms with Gasteiger partial charge in [0.1, 0.15) is 5.76 Å². The second-order valence-electron chi connectivity index (χ2n) is 6.09. The molecule has 1 saturated heterocycles. The summed E-state index contributed by atoms with van der Waals surface area (Å²) in [6, 6.07) is 7.88. The van der Waals surface area contributed by atoms with E-state index in [0.29, 0.717) is 18.8 Å². The fraction of sp³-hybridized carbons (Fsp3) is 0.444. The van der Waals surface area contributed by atoms with Crippen LogP contribution in [0.2, 0.25) is 0 Å². The molecular weight excluding hydrogens is 322 g/mol. The molecule has 0 bridgehead atoms. The van der Waals surface area contributed by atoms with E-state index in [1.54, 1.807) is 17.8 Å². The van der Waals surface area contributed by atoms with Crippen molar-refractivity contribution in [2.45, 2.75) is 19.6 Å². The van der Waals surface area contributed by atoms with E-state index in [2.05, 4.69) is 22.0 Å². The lowest BCUT2D eigenvalue weighted by Crippen LogP contribution is -2.48. The Hall–Kier alpha value is -1.95. The van der Waals surface area contributed by atoms with E-state index >= 15 is 0 Å². The first-order chi connectivity index (χ1) is 11.6. The van der Waals surface area contributed by atoms with Crippen molar-refractivity contribution < 1.29 is 9.21 Å². The number of furan rings is 1. The van der Waals surface area contributed by atoms with Crippen LogP contribution in [0.25, 0.3) is 0 Å². The summed E-state index contributed by atoms with van der Waals surface area (Å²) in [7, 11) is 0. The normalized spacial score (nSPS) is 15.0. The van der Waals surface area contributed by atoms with E-state index in [9.17, 15) is 4.79 Å². The predicted octanol–water partition coefficient (Wildman–Crippen LogP) is 3.12. The average molecular weight is 345 g/mol. The van der Waals surface area contributed by atoms with Crippen molar-refractivity contribution in [1.82, 2.24) is 9.88 Å². The highest BCUT2D eigenvalue weighted by Crippen LogP contribution is 2.20. The van der Waals surface area contributed by atoms with Crippen molar-refractivity contribution in [3.63, 3.8) is 0 Å². The summed E-state index contributed by atoms with van der Waals surface area (Å²) in [4.78, 5) is 21.2. The molecular formula is C18H23N3O2S. The van der Waals surface area contributed by atoms with Crippen LogP contribution >= 0.6 is 11.8 Å². The zero-order chi connectivity index (χ0) is 17.1. The molecule has 1 aliphatic rings. The number of amides is 1. The molecule has 3 heterocycles. The van der Waals surface area contributed by atoms with Crippen LogP contribution in [-0.4, -0.2) is 48.2 Å². The van der Waals surface area contributed by atoms with E-state index in [1.807, 2.05) is 31.1 Å². The molecule has 0 atom stereocenters. The minimum atomic E-state index is -0.0101. The monoisotopic (exact) mass is 345 g/mol. The van der Waals surface area contributed by atoms with Crippen LogP contribution in [-0.2, 0) is 5.75 Å². The van der Waals surface area contributed by atoms with E-state index in [0.717, 1.165) is 36.0 Å². The fourth-order valence-electron chi connectivity index (χ4n) is 3.03. The van der Waals surface area contributed by atoms with Crippen LogP contribution in [0.5, 0.6) is 0 Å². The number of hydrogen-bond acceptors (Lipinski definition) is 5. The second-order valence-corrected chi connectivity index (χ2v) is 6.95. The van der Waals surface area contributed by atoms with Gasteiger partial charge < -0.3 is 14.2 Å². The summed E-state index contributed by atoms with van der Waals surface area (Å²) in [5, 5.41) is 0. The number of thioether (sulfide) groups is 1.